The van der Waals surface area contributed by atoms with E-state index < -0.39 is 22.1 Å². The van der Waals surface area contributed by atoms with Gasteiger partial charge in [-0.1, -0.05) is 13.2 Å². The molecule has 0 aromatic carbocycles. The molecule has 0 aliphatic heterocycles. The monoisotopic (exact) mass is 393 g/mol. The normalized spacial score (nSPS) is 13.0. The number of halogens is 3. The Balaban J connectivity index is 2.92. The second kappa shape index (κ2) is 8.00. The van der Waals surface area contributed by atoms with Crippen LogP contribution >= 0.6 is 0 Å². The maximum atomic E-state index is 12.2. The van der Waals surface area contributed by atoms with Gasteiger partial charge in [-0.15, -0.1) is 13.2 Å². The van der Waals surface area contributed by atoms with Crippen molar-refractivity contribution in [3.05, 3.63) is 48.6 Å². The van der Waals surface area contributed by atoms with E-state index in [1.807, 2.05) is 0 Å². The van der Waals surface area contributed by atoms with Gasteiger partial charge in [-0.05, 0) is 32.9 Å². The molecule has 0 amide bonds. The lowest BCUT2D eigenvalue weighted by Gasteiger charge is -2.12. The predicted molar refractivity (Wildman–Crippen MR) is 93.1 cm³/mol. The molecule has 146 valence electrons. The summed E-state index contributed by atoms with van der Waals surface area (Å²) in [6.45, 7) is 11.9. The quantitative estimate of drug-likeness (QED) is 0.525. The molecular formula is C16H22F3N3O3S. The largest absolute Gasteiger partial charge is 0.572 e. The lowest BCUT2D eigenvalue weighted by atomic mass is 10.3. The highest BCUT2D eigenvalue weighted by molar-refractivity contribution is 7.89. The first-order valence-corrected chi connectivity index (χ1v) is 8.97. The van der Waals surface area contributed by atoms with Crippen molar-refractivity contribution < 1.29 is 26.3 Å². The SMILES string of the molecule is C=C(/C=C(\C)OC(F)(F)F)NC(=C)c1cc(S(=O)(=O)NC(C)C)cn1C. The van der Waals surface area contributed by atoms with Crippen molar-refractivity contribution in [2.45, 2.75) is 38.1 Å². The summed E-state index contributed by atoms with van der Waals surface area (Å²) < 4.78 is 68.6. The van der Waals surface area contributed by atoms with Crippen LogP contribution in [-0.4, -0.2) is 25.4 Å². The van der Waals surface area contributed by atoms with Crippen molar-refractivity contribution in [1.82, 2.24) is 14.6 Å². The average molecular weight is 393 g/mol. The van der Waals surface area contributed by atoms with Crippen molar-refractivity contribution in [3.8, 4) is 0 Å². The molecule has 0 saturated carbocycles. The highest BCUT2D eigenvalue weighted by Crippen LogP contribution is 2.22. The molecule has 0 atom stereocenters. The molecule has 0 aliphatic carbocycles. The number of ether oxygens (including phenoxy) is 1. The third-order valence-electron chi connectivity index (χ3n) is 2.96. The number of alkyl halides is 3. The van der Waals surface area contributed by atoms with Crippen LogP contribution in [0.3, 0.4) is 0 Å². The molecule has 10 heteroatoms. The highest BCUT2D eigenvalue weighted by Gasteiger charge is 2.30. The van der Waals surface area contributed by atoms with Crippen molar-refractivity contribution in [3.63, 3.8) is 0 Å². The Labute approximate surface area is 151 Å². The topological polar surface area (TPSA) is 72.4 Å². The second-order valence-electron chi connectivity index (χ2n) is 5.88. The standard InChI is InChI=1S/C16H22F3N3O3S/c1-10(2)21-26(23,24)14-8-15(22(6)9-14)13(5)20-11(3)7-12(4)25-16(17,18)19/h7-10,20-21H,3,5H2,1-2,4,6H3/b12-7+. The van der Waals surface area contributed by atoms with Crippen LogP contribution in [0.2, 0.25) is 0 Å². The van der Waals surface area contributed by atoms with Gasteiger partial charge in [-0.3, -0.25) is 0 Å². The van der Waals surface area contributed by atoms with E-state index in [-0.39, 0.29) is 22.3 Å². The Kier molecular flexibility index (Phi) is 6.72. The fourth-order valence-corrected chi connectivity index (χ4v) is 3.43. The number of allylic oxidation sites excluding steroid dienone is 2. The summed E-state index contributed by atoms with van der Waals surface area (Å²) in [6.07, 6.45) is -2.33. The Morgan fingerprint density at radius 3 is 2.42 bits per heavy atom. The van der Waals surface area contributed by atoms with Crippen molar-refractivity contribution in [2.75, 3.05) is 0 Å². The van der Waals surface area contributed by atoms with Crippen LogP contribution in [0.25, 0.3) is 5.70 Å². The van der Waals surface area contributed by atoms with Crippen LogP contribution in [0.4, 0.5) is 13.2 Å². The summed E-state index contributed by atoms with van der Waals surface area (Å²) in [5, 5.41) is 2.71. The minimum absolute atomic E-state index is 0.0457. The molecule has 0 bridgehead atoms. The lowest BCUT2D eigenvalue weighted by Crippen LogP contribution is -2.29. The summed E-state index contributed by atoms with van der Waals surface area (Å²) in [6, 6.07) is 1.13. The number of aromatic nitrogens is 1. The zero-order valence-electron chi connectivity index (χ0n) is 14.9. The number of rotatable bonds is 8. The van der Waals surface area contributed by atoms with Crippen LogP contribution in [0.1, 0.15) is 26.5 Å². The van der Waals surface area contributed by atoms with Gasteiger partial charge in [0.1, 0.15) is 10.7 Å². The van der Waals surface area contributed by atoms with E-state index in [9.17, 15) is 21.6 Å². The smallest absolute Gasteiger partial charge is 0.411 e. The zero-order valence-corrected chi connectivity index (χ0v) is 15.8. The van der Waals surface area contributed by atoms with E-state index in [1.165, 1.54) is 16.8 Å². The molecular weight excluding hydrogens is 371 g/mol. The van der Waals surface area contributed by atoms with Gasteiger partial charge < -0.3 is 14.6 Å². The van der Waals surface area contributed by atoms with Gasteiger partial charge in [-0.25, -0.2) is 13.1 Å². The summed E-state index contributed by atoms with van der Waals surface area (Å²) in [5.74, 6) is -0.404. The minimum atomic E-state index is -4.79. The third kappa shape index (κ3) is 6.60. The Bertz CT molecular complexity index is 822. The molecule has 1 aromatic rings. The summed E-state index contributed by atoms with van der Waals surface area (Å²) in [5.41, 5.74) is 0.792. The maximum Gasteiger partial charge on any atom is 0.572 e. The van der Waals surface area contributed by atoms with Crippen molar-refractivity contribution in [2.24, 2.45) is 7.05 Å². The molecule has 1 rings (SSSR count). The average Bonchev–Trinajstić information content (AvgIpc) is 2.77. The van der Waals surface area contributed by atoms with E-state index in [2.05, 4.69) is 27.9 Å². The van der Waals surface area contributed by atoms with E-state index in [4.69, 9.17) is 0 Å². The number of nitrogens with one attached hydrogen (secondary N) is 2. The number of hydrogen-bond acceptors (Lipinski definition) is 4. The van der Waals surface area contributed by atoms with Gasteiger partial charge in [0.05, 0.1) is 11.4 Å². The van der Waals surface area contributed by atoms with Gasteiger partial charge in [-0.2, -0.15) is 0 Å². The summed E-state index contributed by atoms with van der Waals surface area (Å²) in [4.78, 5) is 0.0457. The number of aryl methyl sites for hydroxylation is 1. The lowest BCUT2D eigenvalue weighted by molar-refractivity contribution is -0.305. The number of nitrogens with zero attached hydrogens (tertiary/aromatic N) is 1. The summed E-state index contributed by atoms with van der Waals surface area (Å²) in [7, 11) is -2.06. The van der Waals surface area contributed by atoms with Gasteiger partial charge in [0.25, 0.3) is 0 Å². The highest BCUT2D eigenvalue weighted by atomic mass is 32.2. The minimum Gasteiger partial charge on any atom is -0.411 e. The predicted octanol–water partition coefficient (Wildman–Crippen LogP) is 3.23. The van der Waals surface area contributed by atoms with Crippen molar-refractivity contribution >= 4 is 15.7 Å². The van der Waals surface area contributed by atoms with Gasteiger partial charge >= 0.3 is 6.36 Å². The molecule has 0 aliphatic rings. The molecule has 0 unspecified atom stereocenters. The van der Waals surface area contributed by atoms with E-state index in [1.54, 1.807) is 20.9 Å². The van der Waals surface area contributed by atoms with Crippen LogP contribution in [-0.2, 0) is 21.8 Å². The van der Waals surface area contributed by atoms with E-state index in [0.717, 1.165) is 13.0 Å². The zero-order chi connectivity index (χ0) is 20.3. The van der Waals surface area contributed by atoms with Crippen LogP contribution in [0.5, 0.6) is 0 Å². The molecule has 0 fully saturated rings. The second-order valence-corrected chi connectivity index (χ2v) is 7.59. The molecule has 1 heterocycles. The molecule has 0 spiro atoms. The van der Waals surface area contributed by atoms with Crippen molar-refractivity contribution in [1.29, 1.82) is 0 Å². The van der Waals surface area contributed by atoms with Crippen LogP contribution < -0.4 is 10.0 Å². The Morgan fingerprint density at radius 2 is 1.92 bits per heavy atom. The van der Waals surface area contributed by atoms with Gasteiger partial charge in [0.15, 0.2) is 0 Å². The van der Waals surface area contributed by atoms with E-state index in [0.29, 0.717) is 5.69 Å². The van der Waals surface area contributed by atoms with Gasteiger partial charge in [0.2, 0.25) is 10.0 Å². The maximum absolute atomic E-state index is 12.2. The van der Waals surface area contributed by atoms with Crippen LogP contribution in [0, 0.1) is 0 Å². The first-order chi connectivity index (χ1) is 11.7. The fourth-order valence-electron chi connectivity index (χ4n) is 2.11. The molecule has 2 N–H and O–H groups in total. The number of sulfonamides is 1. The molecule has 0 radical (unpaired) electrons. The fraction of sp³-hybridized carbons (Fsp3) is 0.375. The Hall–Kier alpha value is -2.20. The van der Waals surface area contributed by atoms with Crippen LogP contribution in [0.15, 0.2) is 47.8 Å². The molecule has 26 heavy (non-hydrogen) atoms. The first kappa shape index (κ1) is 21.8. The first-order valence-electron chi connectivity index (χ1n) is 7.49. The third-order valence-corrected chi connectivity index (χ3v) is 4.58. The molecule has 0 saturated heterocycles. The van der Waals surface area contributed by atoms with E-state index >= 15 is 0 Å². The summed E-state index contributed by atoms with van der Waals surface area (Å²) >= 11 is 0. The Morgan fingerprint density at radius 1 is 1.35 bits per heavy atom. The molecule has 6 nitrogen and oxygen atoms in total. The molecule has 1 aromatic heterocycles. The number of hydrogen-bond donors (Lipinski definition) is 2. The van der Waals surface area contributed by atoms with Gasteiger partial charge in [0, 0.05) is 25.0 Å².